The topological polar surface area (TPSA) is 104 Å². The fraction of sp³-hybridized carbons (Fsp3) is 0.158. The van der Waals surface area contributed by atoms with Crippen LogP contribution >= 0.6 is 0 Å². The molecular weight excluding hydrogens is 364 g/mol. The van der Waals surface area contributed by atoms with Crippen LogP contribution in [-0.2, 0) is 10.0 Å². The first-order valence-electron chi connectivity index (χ1n) is 8.34. The standard InChI is InChI=1S/C19H18N4O3S/c20-23-21-13-4-14-27(24,25)22-16-9-11-17(12-10-16)26-19-8-3-6-15-5-1-2-7-18(15)19/h1-3,5-12,22H,4,13-14H2. The minimum atomic E-state index is -3.49. The van der Waals surface area contributed by atoms with Gasteiger partial charge in [-0.1, -0.05) is 41.5 Å². The summed E-state index contributed by atoms with van der Waals surface area (Å²) in [5.41, 5.74) is 8.65. The van der Waals surface area contributed by atoms with Crippen LogP contribution in [0.25, 0.3) is 21.2 Å². The van der Waals surface area contributed by atoms with Gasteiger partial charge in [0.15, 0.2) is 0 Å². The lowest BCUT2D eigenvalue weighted by molar-refractivity contribution is 0.488. The van der Waals surface area contributed by atoms with Gasteiger partial charge in [-0.2, -0.15) is 0 Å². The van der Waals surface area contributed by atoms with E-state index in [1.54, 1.807) is 24.3 Å². The zero-order valence-electron chi connectivity index (χ0n) is 14.4. The zero-order valence-corrected chi connectivity index (χ0v) is 15.3. The van der Waals surface area contributed by atoms with Crippen molar-refractivity contribution < 1.29 is 13.2 Å². The highest BCUT2D eigenvalue weighted by Gasteiger charge is 2.10. The second-order valence-electron chi connectivity index (χ2n) is 5.83. The molecule has 0 radical (unpaired) electrons. The Morgan fingerprint density at radius 3 is 2.52 bits per heavy atom. The van der Waals surface area contributed by atoms with Gasteiger partial charge in [-0.05, 0) is 47.7 Å². The summed E-state index contributed by atoms with van der Waals surface area (Å²) in [6.45, 7) is 0.148. The Bertz CT molecular complexity index is 1070. The van der Waals surface area contributed by atoms with Crippen LogP contribution in [0.1, 0.15) is 6.42 Å². The molecule has 0 spiro atoms. The van der Waals surface area contributed by atoms with Crippen molar-refractivity contribution in [1.29, 1.82) is 0 Å². The molecule has 0 aliphatic rings. The van der Waals surface area contributed by atoms with Crippen molar-refractivity contribution in [2.75, 3.05) is 17.0 Å². The summed E-state index contributed by atoms with van der Waals surface area (Å²) in [4.78, 5) is 2.60. The van der Waals surface area contributed by atoms with Crippen LogP contribution in [0.5, 0.6) is 11.5 Å². The van der Waals surface area contributed by atoms with Gasteiger partial charge < -0.3 is 4.74 Å². The molecule has 7 nitrogen and oxygen atoms in total. The van der Waals surface area contributed by atoms with E-state index in [9.17, 15) is 8.42 Å². The molecule has 0 saturated heterocycles. The highest BCUT2D eigenvalue weighted by atomic mass is 32.2. The molecule has 1 N–H and O–H groups in total. The first-order valence-corrected chi connectivity index (χ1v) is 10.00. The van der Waals surface area contributed by atoms with Gasteiger partial charge in [0.05, 0.1) is 5.75 Å². The Hall–Kier alpha value is -3.22. The molecular formula is C19H18N4O3S. The lowest BCUT2D eigenvalue weighted by atomic mass is 10.1. The maximum atomic E-state index is 12.0. The molecule has 0 amide bonds. The largest absolute Gasteiger partial charge is 0.457 e. The van der Waals surface area contributed by atoms with E-state index in [-0.39, 0.29) is 18.7 Å². The molecule has 0 bridgehead atoms. The maximum absolute atomic E-state index is 12.0. The Morgan fingerprint density at radius 2 is 1.74 bits per heavy atom. The van der Waals surface area contributed by atoms with E-state index in [4.69, 9.17) is 10.3 Å². The van der Waals surface area contributed by atoms with Gasteiger partial charge in [-0.25, -0.2) is 8.42 Å². The first-order chi connectivity index (χ1) is 13.1. The highest BCUT2D eigenvalue weighted by Crippen LogP contribution is 2.30. The van der Waals surface area contributed by atoms with Crippen molar-refractivity contribution in [2.24, 2.45) is 5.11 Å². The minimum Gasteiger partial charge on any atom is -0.457 e. The Morgan fingerprint density at radius 1 is 1.00 bits per heavy atom. The Kier molecular flexibility index (Phi) is 5.80. The third-order valence-corrected chi connectivity index (χ3v) is 5.21. The number of nitrogens with zero attached hydrogens (tertiary/aromatic N) is 3. The van der Waals surface area contributed by atoms with Gasteiger partial charge in [0.25, 0.3) is 0 Å². The van der Waals surface area contributed by atoms with Crippen LogP contribution in [0.2, 0.25) is 0 Å². The fourth-order valence-corrected chi connectivity index (χ4v) is 3.71. The normalized spacial score (nSPS) is 11.0. The van der Waals surface area contributed by atoms with Crippen LogP contribution < -0.4 is 9.46 Å². The maximum Gasteiger partial charge on any atom is 0.232 e. The van der Waals surface area contributed by atoms with E-state index >= 15 is 0 Å². The molecule has 0 unspecified atom stereocenters. The van der Waals surface area contributed by atoms with Crippen LogP contribution in [0.4, 0.5) is 5.69 Å². The minimum absolute atomic E-state index is 0.111. The lowest BCUT2D eigenvalue weighted by Gasteiger charge is -2.11. The number of nitrogens with one attached hydrogen (secondary N) is 1. The van der Waals surface area contributed by atoms with Crippen LogP contribution in [0.15, 0.2) is 71.8 Å². The van der Waals surface area contributed by atoms with Gasteiger partial charge in [-0.3, -0.25) is 4.72 Å². The van der Waals surface area contributed by atoms with Crippen molar-refractivity contribution in [3.63, 3.8) is 0 Å². The van der Waals surface area contributed by atoms with E-state index in [1.807, 2.05) is 42.5 Å². The van der Waals surface area contributed by atoms with Crippen molar-refractivity contribution >= 4 is 26.5 Å². The number of fused-ring (bicyclic) bond motifs is 1. The monoisotopic (exact) mass is 382 g/mol. The van der Waals surface area contributed by atoms with E-state index in [0.29, 0.717) is 11.4 Å². The quantitative estimate of drug-likeness (QED) is 0.254. The smallest absolute Gasteiger partial charge is 0.232 e. The highest BCUT2D eigenvalue weighted by molar-refractivity contribution is 7.92. The molecule has 3 aromatic rings. The van der Waals surface area contributed by atoms with E-state index in [2.05, 4.69) is 14.7 Å². The number of hydrogen-bond acceptors (Lipinski definition) is 4. The molecule has 0 atom stereocenters. The van der Waals surface area contributed by atoms with Crippen LogP contribution in [0.3, 0.4) is 0 Å². The number of hydrogen-bond donors (Lipinski definition) is 1. The number of sulfonamides is 1. The number of ether oxygens (including phenoxy) is 1. The SMILES string of the molecule is [N-]=[N+]=NCCCS(=O)(=O)Nc1ccc(Oc2cccc3ccccc23)cc1. The fourth-order valence-electron chi connectivity index (χ4n) is 2.60. The molecule has 0 saturated carbocycles. The summed E-state index contributed by atoms with van der Waals surface area (Å²) >= 11 is 0. The lowest BCUT2D eigenvalue weighted by Crippen LogP contribution is -2.17. The summed E-state index contributed by atoms with van der Waals surface area (Å²) < 4.78 is 32.5. The van der Waals surface area contributed by atoms with Gasteiger partial charge in [-0.15, -0.1) is 0 Å². The molecule has 27 heavy (non-hydrogen) atoms. The molecule has 8 heteroatoms. The van der Waals surface area contributed by atoms with E-state index < -0.39 is 10.0 Å². The number of anilines is 1. The molecule has 138 valence electrons. The van der Waals surface area contributed by atoms with Gasteiger partial charge in [0.1, 0.15) is 11.5 Å². The molecule has 0 fully saturated rings. The Balaban J connectivity index is 1.67. The van der Waals surface area contributed by atoms with Crippen molar-refractivity contribution in [1.82, 2.24) is 0 Å². The second-order valence-corrected chi connectivity index (χ2v) is 7.67. The summed E-state index contributed by atoms with van der Waals surface area (Å²) in [5, 5.41) is 5.41. The van der Waals surface area contributed by atoms with Crippen molar-refractivity contribution in [3.05, 3.63) is 77.2 Å². The van der Waals surface area contributed by atoms with Gasteiger partial charge in [0.2, 0.25) is 10.0 Å². The predicted molar refractivity (Wildman–Crippen MR) is 107 cm³/mol. The molecule has 0 aliphatic carbocycles. The van der Waals surface area contributed by atoms with Gasteiger partial charge in [0, 0.05) is 22.5 Å². The average Bonchev–Trinajstić information content (AvgIpc) is 2.67. The van der Waals surface area contributed by atoms with Crippen molar-refractivity contribution in [2.45, 2.75) is 6.42 Å². The average molecular weight is 382 g/mol. The molecule has 3 aromatic carbocycles. The summed E-state index contributed by atoms with van der Waals surface area (Å²) in [7, 11) is -3.49. The Labute approximate surface area is 157 Å². The number of benzene rings is 3. The second kappa shape index (κ2) is 8.44. The first kappa shape index (κ1) is 18.6. The van der Waals surface area contributed by atoms with Crippen LogP contribution in [0, 0.1) is 0 Å². The third-order valence-electron chi connectivity index (χ3n) is 3.84. The molecule has 0 aliphatic heterocycles. The molecule has 0 heterocycles. The van der Waals surface area contributed by atoms with Crippen LogP contribution in [-0.4, -0.2) is 20.7 Å². The number of rotatable bonds is 8. The summed E-state index contributed by atoms with van der Waals surface area (Å²) in [6, 6.07) is 20.5. The third kappa shape index (κ3) is 5.13. The van der Waals surface area contributed by atoms with E-state index in [1.165, 1.54) is 0 Å². The summed E-state index contributed by atoms with van der Waals surface area (Å²) in [5.74, 6) is 1.23. The van der Waals surface area contributed by atoms with Crippen molar-refractivity contribution in [3.8, 4) is 11.5 Å². The molecule has 0 aromatic heterocycles. The van der Waals surface area contributed by atoms with Gasteiger partial charge >= 0.3 is 0 Å². The van der Waals surface area contributed by atoms with E-state index in [0.717, 1.165) is 16.5 Å². The summed E-state index contributed by atoms with van der Waals surface area (Å²) in [6.07, 6.45) is 0.266. The molecule has 3 rings (SSSR count). The predicted octanol–water partition coefficient (Wildman–Crippen LogP) is 5.07. The zero-order chi connectivity index (χ0) is 19.1. The number of azide groups is 1.